The van der Waals surface area contributed by atoms with Crippen molar-refractivity contribution in [1.82, 2.24) is 15.5 Å². The van der Waals surface area contributed by atoms with Crippen molar-refractivity contribution in [2.75, 3.05) is 12.4 Å². The summed E-state index contributed by atoms with van der Waals surface area (Å²) in [7, 11) is 1.21. The van der Waals surface area contributed by atoms with Gasteiger partial charge in [0, 0.05) is 6.42 Å². The molecule has 116 valence electrons. The molecular formula is C12H18N4O5. The van der Waals surface area contributed by atoms with Crippen molar-refractivity contribution >= 4 is 23.7 Å². The van der Waals surface area contributed by atoms with Crippen LogP contribution in [0.1, 0.15) is 24.2 Å². The summed E-state index contributed by atoms with van der Waals surface area (Å²) in [4.78, 5) is 33.9. The summed E-state index contributed by atoms with van der Waals surface area (Å²) >= 11 is 0. The number of aliphatic carboxylic acids is 1. The van der Waals surface area contributed by atoms with Crippen LogP contribution in [0.4, 0.5) is 10.5 Å². The number of carboxylic acid groups (broad SMARTS) is 1. The van der Waals surface area contributed by atoms with Gasteiger partial charge < -0.3 is 20.5 Å². The highest BCUT2D eigenvalue weighted by Crippen LogP contribution is 2.15. The van der Waals surface area contributed by atoms with Crippen LogP contribution in [0.25, 0.3) is 0 Å². The Morgan fingerprint density at radius 1 is 1.38 bits per heavy atom. The highest BCUT2D eigenvalue weighted by atomic mass is 16.5. The van der Waals surface area contributed by atoms with Gasteiger partial charge in [-0.3, -0.25) is 9.89 Å². The summed E-state index contributed by atoms with van der Waals surface area (Å²) < 4.78 is 4.43. The standard InChI is InChI=1S/C12H18N4O5/c1-6-10(7(2)16-15-6)14-12(20)13-8(11(18)19)4-5-9(17)21-3/h8H,4-5H2,1-3H3,(H,15,16)(H,18,19)(H2,13,14,20)/t8-/m0/s1. The van der Waals surface area contributed by atoms with Gasteiger partial charge in [0.05, 0.1) is 24.2 Å². The number of aromatic amines is 1. The summed E-state index contributed by atoms with van der Waals surface area (Å²) in [5, 5.41) is 20.4. The molecule has 1 aromatic rings. The topological polar surface area (TPSA) is 133 Å². The molecule has 9 nitrogen and oxygen atoms in total. The number of nitrogens with one attached hydrogen (secondary N) is 3. The van der Waals surface area contributed by atoms with E-state index in [0.717, 1.165) is 0 Å². The van der Waals surface area contributed by atoms with Crippen LogP contribution in [-0.2, 0) is 14.3 Å². The Labute approximate surface area is 121 Å². The molecule has 0 aromatic carbocycles. The number of carbonyl (C=O) groups excluding carboxylic acids is 2. The van der Waals surface area contributed by atoms with Gasteiger partial charge in [0.15, 0.2) is 0 Å². The molecule has 0 fully saturated rings. The molecule has 0 aliphatic rings. The number of amides is 2. The number of urea groups is 1. The lowest BCUT2D eigenvalue weighted by molar-refractivity contribution is -0.142. The number of esters is 1. The Morgan fingerprint density at radius 2 is 2.05 bits per heavy atom. The summed E-state index contributed by atoms with van der Waals surface area (Å²) in [6.45, 7) is 3.42. The Bertz CT molecular complexity index is 520. The Balaban J connectivity index is 2.61. The van der Waals surface area contributed by atoms with Gasteiger partial charge in [-0.15, -0.1) is 0 Å². The summed E-state index contributed by atoms with van der Waals surface area (Å²) in [5.74, 6) is -1.76. The number of hydrogen-bond acceptors (Lipinski definition) is 5. The van der Waals surface area contributed by atoms with Gasteiger partial charge in [0.2, 0.25) is 0 Å². The van der Waals surface area contributed by atoms with Crippen molar-refractivity contribution in [3.63, 3.8) is 0 Å². The third kappa shape index (κ3) is 4.79. The van der Waals surface area contributed by atoms with Gasteiger partial charge in [-0.25, -0.2) is 9.59 Å². The molecule has 0 bridgehead atoms. The molecule has 2 amide bonds. The third-order valence-electron chi connectivity index (χ3n) is 2.83. The van der Waals surface area contributed by atoms with Crippen molar-refractivity contribution in [2.24, 2.45) is 0 Å². The zero-order valence-corrected chi connectivity index (χ0v) is 12.0. The minimum Gasteiger partial charge on any atom is -0.480 e. The third-order valence-corrected chi connectivity index (χ3v) is 2.83. The first-order valence-corrected chi connectivity index (χ1v) is 6.23. The first-order valence-electron chi connectivity index (χ1n) is 6.23. The molecule has 1 atom stereocenters. The second-order valence-corrected chi connectivity index (χ2v) is 4.41. The molecule has 21 heavy (non-hydrogen) atoms. The number of carbonyl (C=O) groups is 3. The molecule has 9 heteroatoms. The van der Waals surface area contributed by atoms with E-state index in [0.29, 0.717) is 17.1 Å². The smallest absolute Gasteiger partial charge is 0.326 e. The molecule has 0 aliphatic heterocycles. The lowest BCUT2D eigenvalue weighted by Gasteiger charge is -2.14. The lowest BCUT2D eigenvalue weighted by atomic mass is 10.1. The number of aryl methyl sites for hydroxylation is 2. The van der Waals surface area contributed by atoms with Crippen molar-refractivity contribution in [2.45, 2.75) is 32.7 Å². The van der Waals surface area contributed by atoms with Crippen molar-refractivity contribution < 1.29 is 24.2 Å². The molecule has 0 spiro atoms. The van der Waals surface area contributed by atoms with Crippen LogP contribution >= 0.6 is 0 Å². The number of aromatic nitrogens is 2. The van der Waals surface area contributed by atoms with E-state index in [1.807, 2.05) is 0 Å². The van der Waals surface area contributed by atoms with Gasteiger partial charge in [0.1, 0.15) is 6.04 Å². The molecule has 0 radical (unpaired) electrons. The minimum atomic E-state index is -1.23. The number of H-pyrrole nitrogens is 1. The van der Waals surface area contributed by atoms with Crippen LogP contribution in [0.3, 0.4) is 0 Å². The van der Waals surface area contributed by atoms with Gasteiger partial charge in [-0.2, -0.15) is 5.10 Å². The number of ether oxygens (including phenoxy) is 1. The summed E-state index contributed by atoms with van der Waals surface area (Å²) in [5.41, 5.74) is 1.73. The predicted molar refractivity (Wildman–Crippen MR) is 72.9 cm³/mol. The molecule has 1 rings (SSSR count). The van der Waals surface area contributed by atoms with Crippen LogP contribution in [0.2, 0.25) is 0 Å². The van der Waals surface area contributed by atoms with Crippen LogP contribution in [0, 0.1) is 13.8 Å². The SMILES string of the molecule is COC(=O)CC[C@H](NC(=O)Nc1c(C)n[nH]c1C)C(=O)O. The van der Waals surface area contributed by atoms with Crippen molar-refractivity contribution in [3.8, 4) is 0 Å². The van der Waals surface area contributed by atoms with E-state index in [4.69, 9.17) is 5.11 Å². The highest BCUT2D eigenvalue weighted by Gasteiger charge is 2.22. The first kappa shape index (κ1) is 16.5. The van der Waals surface area contributed by atoms with Crippen LogP contribution < -0.4 is 10.6 Å². The quantitative estimate of drug-likeness (QED) is 0.567. The van der Waals surface area contributed by atoms with E-state index in [2.05, 4.69) is 25.6 Å². The Kier molecular flexibility index (Phi) is 5.70. The normalized spacial score (nSPS) is 11.6. The lowest BCUT2D eigenvalue weighted by Crippen LogP contribution is -2.43. The second-order valence-electron chi connectivity index (χ2n) is 4.41. The number of anilines is 1. The maximum Gasteiger partial charge on any atom is 0.326 e. The van der Waals surface area contributed by atoms with Crippen LogP contribution in [-0.4, -0.2) is 46.4 Å². The number of carboxylic acids is 1. The molecule has 0 unspecified atom stereocenters. The average molecular weight is 298 g/mol. The Hall–Kier alpha value is -2.58. The molecule has 0 saturated heterocycles. The zero-order valence-electron chi connectivity index (χ0n) is 12.0. The van der Waals surface area contributed by atoms with Gasteiger partial charge >= 0.3 is 18.0 Å². The van der Waals surface area contributed by atoms with E-state index in [1.165, 1.54) is 7.11 Å². The predicted octanol–water partition coefficient (Wildman–Crippen LogP) is 0.554. The molecule has 4 N–H and O–H groups in total. The van der Waals surface area contributed by atoms with Crippen molar-refractivity contribution in [1.29, 1.82) is 0 Å². The van der Waals surface area contributed by atoms with E-state index in [-0.39, 0.29) is 12.8 Å². The first-order chi connectivity index (χ1) is 9.85. The number of rotatable bonds is 6. The Morgan fingerprint density at radius 3 is 2.52 bits per heavy atom. The highest BCUT2D eigenvalue weighted by molar-refractivity contribution is 5.93. The fourth-order valence-corrected chi connectivity index (χ4v) is 1.66. The number of hydrogen-bond donors (Lipinski definition) is 4. The van der Waals surface area contributed by atoms with E-state index >= 15 is 0 Å². The van der Waals surface area contributed by atoms with Crippen LogP contribution in [0.5, 0.6) is 0 Å². The van der Waals surface area contributed by atoms with E-state index in [1.54, 1.807) is 13.8 Å². The zero-order chi connectivity index (χ0) is 16.0. The van der Waals surface area contributed by atoms with Gasteiger partial charge in [0.25, 0.3) is 0 Å². The van der Waals surface area contributed by atoms with E-state index in [9.17, 15) is 14.4 Å². The van der Waals surface area contributed by atoms with Gasteiger partial charge in [-0.1, -0.05) is 0 Å². The fourth-order valence-electron chi connectivity index (χ4n) is 1.66. The second kappa shape index (κ2) is 7.27. The summed E-state index contributed by atoms with van der Waals surface area (Å²) in [6.07, 6.45) is -0.156. The average Bonchev–Trinajstić information content (AvgIpc) is 2.74. The minimum absolute atomic E-state index is 0.0568. The number of nitrogens with zero attached hydrogens (tertiary/aromatic N) is 1. The number of methoxy groups -OCH3 is 1. The molecule has 1 heterocycles. The van der Waals surface area contributed by atoms with Crippen LogP contribution in [0.15, 0.2) is 0 Å². The molecule has 0 aliphatic carbocycles. The summed E-state index contributed by atoms with van der Waals surface area (Å²) in [6, 6.07) is -1.86. The van der Waals surface area contributed by atoms with Gasteiger partial charge in [-0.05, 0) is 20.3 Å². The monoisotopic (exact) mass is 298 g/mol. The van der Waals surface area contributed by atoms with E-state index < -0.39 is 24.0 Å². The fraction of sp³-hybridized carbons (Fsp3) is 0.500. The maximum absolute atomic E-state index is 11.8. The molecule has 0 saturated carbocycles. The largest absolute Gasteiger partial charge is 0.480 e. The molecule has 1 aromatic heterocycles. The van der Waals surface area contributed by atoms with Crippen molar-refractivity contribution in [3.05, 3.63) is 11.4 Å². The maximum atomic E-state index is 11.8. The molecular weight excluding hydrogens is 280 g/mol.